The van der Waals surface area contributed by atoms with E-state index < -0.39 is 5.97 Å². The number of hydrogen-bond donors (Lipinski definition) is 1. The van der Waals surface area contributed by atoms with E-state index in [-0.39, 0.29) is 18.3 Å². The van der Waals surface area contributed by atoms with E-state index in [1.165, 1.54) is 7.11 Å². The summed E-state index contributed by atoms with van der Waals surface area (Å²) in [5.74, 6) is -0.0383. The Morgan fingerprint density at radius 2 is 2.32 bits per heavy atom. The van der Waals surface area contributed by atoms with Crippen molar-refractivity contribution in [2.45, 2.75) is 19.4 Å². The Kier molecular flexibility index (Phi) is 4.11. The van der Waals surface area contributed by atoms with Gasteiger partial charge in [0, 0.05) is 12.2 Å². The normalized spacial score (nSPS) is 18.5. The van der Waals surface area contributed by atoms with Gasteiger partial charge < -0.3 is 14.7 Å². The average Bonchev–Trinajstić information content (AvgIpc) is 2.45. The zero-order valence-electron chi connectivity index (χ0n) is 11.0. The molecule has 6 heteroatoms. The van der Waals surface area contributed by atoms with Crippen LogP contribution in [0.15, 0.2) is 18.2 Å². The van der Waals surface area contributed by atoms with Crippen molar-refractivity contribution in [2.24, 2.45) is 0 Å². The fraction of sp³-hybridized carbons (Fsp3) is 0.462. The van der Waals surface area contributed by atoms with Gasteiger partial charge in [-0.1, -0.05) is 12.2 Å². The predicted molar refractivity (Wildman–Crippen MR) is 70.1 cm³/mol. The maximum Gasteiger partial charge on any atom is 0.356 e. The van der Waals surface area contributed by atoms with Crippen LogP contribution in [-0.2, 0) is 4.74 Å². The molecule has 1 aliphatic rings. The van der Waals surface area contributed by atoms with Crippen LogP contribution in [0.2, 0.25) is 0 Å². The molecule has 0 aromatic carbocycles. The number of aromatic nitrogens is 2. The second-order valence-electron chi connectivity index (χ2n) is 4.38. The summed E-state index contributed by atoms with van der Waals surface area (Å²) in [5, 5.41) is 9.39. The first-order valence-electron chi connectivity index (χ1n) is 6.12. The molecule has 102 valence electrons. The van der Waals surface area contributed by atoms with Crippen molar-refractivity contribution in [1.82, 2.24) is 9.97 Å². The third kappa shape index (κ3) is 2.90. The summed E-state index contributed by atoms with van der Waals surface area (Å²) in [6, 6.07) is 1.53. The molecule has 0 bridgehead atoms. The van der Waals surface area contributed by atoms with E-state index in [2.05, 4.69) is 14.7 Å². The largest absolute Gasteiger partial charge is 0.464 e. The zero-order chi connectivity index (χ0) is 13.8. The highest BCUT2D eigenvalue weighted by molar-refractivity contribution is 5.87. The molecule has 0 saturated heterocycles. The lowest BCUT2D eigenvalue weighted by atomic mass is 10.1. The standard InChI is InChI=1S/C13H17N3O3/c1-9-7-11(12(18)19-2)15-13(14-9)16-6-4-3-5-10(16)8-17/h3-4,7,10,17H,5-6,8H2,1-2H3. The van der Waals surface area contributed by atoms with Crippen LogP contribution in [0.3, 0.4) is 0 Å². The van der Waals surface area contributed by atoms with Gasteiger partial charge in [0.2, 0.25) is 5.95 Å². The van der Waals surface area contributed by atoms with Crippen molar-refractivity contribution < 1.29 is 14.6 Å². The molecule has 0 amide bonds. The molecule has 6 nitrogen and oxygen atoms in total. The number of ether oxygens (including phenoxy) is 1. The van der Waals surface area contributed by atoms with E-state index >= 15 is 0 Å². The molecule has 0 aliphatic carbocycles. The van der Waals surface area contributed by atoms with Crippen molar-refractivity contribution in [3.8, 4) is 0 Å². The monoisotopic (exact) mass is 263 g/mol. The predicted octanol–water partition coefficient (Wildman–Crippen LogP) is 0.699. The Labute approximate surface area is 111 Å². The first-order valence-corrected chi connectivity index (χ1v) is 6.12. The van der Waals surface area contributed by atoms with E-state index in [4.69, 9.17) is 0 Å². The topological polar surface area (TPSA) is 75.5 Å². The number of carbonyl (C=O) groups is 1. The lowest BCUT2D eigenvalue weighted by Crippen LogP contribution is -2.41. The van der Waals surface area contributed by atoms with Gasteiger partial charge in [-0.3, -0.25) is 0 Å². The van der Waals surface area contributed by atoms with E-state index in [1.807, 2.05) is 17.1 Å². The molecule has 1 aliphatic heterocycles. The third-order valence-corrected chi connectivity index (χ3v) is 3.02. The SMILES string of the molecule is COC(=O)c1cc(C)nc(N2CC=CCC2CO)n1. The number of aliphatic hydroxyl groups excluding tert-OH is 1. The lowest BCUT2D eigenvalue weighted by Gasteiger charge is -2.31. The average molecular weight is 263 g/mol. The van der Waals surface area contributed by atoms with E-state index in [9.17, 15) is 9.90 Å². The summed E-state index contributed by atoms with van der Waals surface area (Å²) in [4.78, 5) is 22.0. The second-order valence-corrected chi connectivity index (χ2v) is 4.38. The highest BCUT2D eigenvalue weighted by Crippen LogP contribution is 2.19. The molecule has 0 radical (unpaired) electrons. The van der Waals surface area contributed by atoms with Crippen LogP contribution in [0, 0.1) is 6.92 Å². The number of rotatable bonds is 3. The van der Waals surface area contributed by atoms with Crippen LogP contribution in [-0.4, -0.2) is 47.3 Å². The number of hydrogen-bond acceptors (Lipinski definition) is 6. The maximum atomic E-state index is 11.6. The number of methoxy groups -OCH3 is 1. The highest BCUT2D eigenvalue weighted by atomic mass is 16.5. The number of nitrogens with zero attached hydrogens (tertiary/aromatic N) is 3. The number of esters is 1. The van der Waals surface area contributed by atoms with E-state index in [0.717, 1.165) is 6.42 Å². The van der Waals surface area contributed by atoms with Gasteiger partial charge in [-0.05, 0) is 19.4 Å². The van der Waals surface area contributed by atoms with Gasteiger partial charge in [-0.25, -0.2) is 14.8 Å². The van der Waals surface area contributed by atoms with Gasteiger partial charge >= 0.3 is 5.97 Å². The minimum atomic E-state index is -0.486. The molecule has 2 heterocycles. The minimum absolute atomic E-state index is 0.0230. The molecule has 2 rings (SSSR count). The first-order chi connectivity index (χ1) is 9.15. The molecule has 1 aromatic rings. The van der Waals surface area contributed by atoms with E-state index in [1.54, 1.807) is 13.0 Å². The van der Waals surface area contributed by atoms with Crippen molar-refractivity contribution in [2.75, 3.05) is 25.2 Å². The number of aryl methyl sites for hydroxylation is 1. The van der Waals surface area contributed by atoms with Crippen LogP contribution in [0.25, 0.3) is 0 Å². The van der Waals surface area contributed by atoms with Crippen LogP contribution < -0.4 is 4.90 Å². The molecule has 0 fully saturated rings. The van der Waals surface area contributed by atoms with Gasteiger partial charge in [0.05, 0.1) is 19.8 Å². The maximum absolute atomic E-state index is 11.6. The fourth-order valence-electron chi connectivity index (χ4n) is 2.03. The summed E-state index contributed by atoms with van der Waals surface area (Å²) < 4.78 is 4.68. The van der Waals surface area contributed by atoms with Crippen LogP contribution in [0.4, 0.5) is 5.95 Å². The zero-order valence-corrected chi connectivity index (χ0v) is 11.0. The first kappa shape index (κ1) is 13.5. The molecule has 0 saturated carbocycles. The lowest BCUT2D eigenvalue weighted by molar-refractivity contribution is 0.0593. The summed E-state index contributed by atoms with van der Waals surface area (Å²) in [6.45, 7) is 2.44. The second kappa shape index (κ2) is 5.79. The number of aliphatic hydroxyl groups is 1. The smallest absolute Gasteiger partial charge is 0.356 e. The van der Waals surface area contributed by atoms with Crippen molar-refractivity contribution >= 4 is 11.9 Å². The van der Waals surface area contributed by atoms with Crippen LogP contribution >= 0.6 is 0 Å². The van der Waals surface area contributed by atoms with Gasteiger partial charge in [0.25, 0.3) is 0 Å². The summed E-state index contributed by atoms with van der Waals surface area (Å²) in [6.07, 6.45) is 4.76. The molecular formula is C13H17N3O3. The minimum Gasteiger partial charge on any atom is -0.464 e. The Bertz CT molecular complexity index is 502. The van der Waals surface area contributed by atoms with Gasteiger partial charge in [-0.15, -0.1) is 0 Å². The number of carbonyl (C=O) groups excluding carboxylic acids is 1. The summed E-state index contributed by atoms with van der Waals surface area (Å²) in [5.41, 5.74) is 0.924. The molecule has 19 heavy (non-hydrogen) atoms. The molecular weight excluding hydrogens is 246 g/mol. The Hall–Kier alpha value is -1.95. The van der Waals surface area contributed by atoms with Crippen molar-refractivity contribution in [3.05, 3.63) is 29.6 Å². The molecule has 1 aromatic heterocycles. The molecule has 1 atom stereocenters. The quantitative estimate of drug-likeness (QED) is 0.639. The Balaban J connectivity index is 2.36. The fourth-order valence-corrected chi connectivity index (χ4v) is 2.03. The molecule has 1 unspecified atom stereocenters. The van der Waals surface area contributed by atoms with Gasteiger partial charge in [0.15, 0.2) is 5.69 Å². The van der Waals surface area contributed by atoms with Gasteiger partial charge in [-0.2, -0.15) is 0 Å². The van der Waals surface area contributed by atoms with Crippen molar-refractivity contribution in [1.29, 1.82) is 0 Å². The summed E-state index contributed by atoms with van der Waals surface area (Å²) >= 11 is 0. The van der Waals surface area contributed by atoms with Gasteiger partial charge in [0.1, 0.15) is 0 Å². The third-order valence-electron chi connectivity index (χ3n) is 3.02. The Morgan fingerprint density at radius 1 is 1.53 bits per heavy atom. The summed E-state index contributed by atoms with van der Waals surface area (Å²) in [7, 11) is 1.32. The molecule has 1 N–H and O–H groups in total. The van der Waals surface area contributed by atoms with E-state index in [0.29, 0.717) is 18.2 Å². The van der Waals surface area contributed by atoms with Crippen molar-refractivity contribution in [3.63, 3.8) is 0 Å². The molecule has 0 spiro atoms. The van der Waals surface area contributed by atoms with Crippen LogP contribution in [0.1, 0.15) is 22.6 Å². The van der Waals surface area contributed by atoms with Crippen LogP contribution in [0.5, 0.6) is 0 Å². The highest BCUT2D eigenvalue weighted by Gasteiger charge is 2.23. The number of anilines is 1. The Morgan fingerprint density at radius 3 is 3.00 bits per heavy atom.